The Hall–Kier alpha value is -1.76. The van der Waals surface area contributed by atoms with Gasteiger partial charge in [0, 0.05) is 12.1 Å². The minimum absolute atomic E-state index is 0.0691. The zero-order valence-corrected chi connectivity index (χ0v) is 9.49. The smallest absolute Gasteiger partial charge is 0.406 e. The maximum absolute atomic E-state index is 11.9. The molecule has 100 valence electrons. The van der Waals surface area contributed by atoms with Gasteiger partial charge in [0.25, 0.3) is 5.91 Å². The lowest BCUT2D eigenvalue weighted by molar-refractivity contribution is -0.274. The molecule has 1 amide bonds. The summed E-state index contributed by atoms with van der Waals surface area (Å²) in [6, 6.07) is 4.51. The first kappa shape index (κ1) is 14.3. The van der Waals surface area contributed by atoms with Crippen molar-refractivity contribution in [2.75, 3.05) is 6.54 Å². The van der Waals surface area contributed by atoms with Crippen molar-refractivity contribution in [3.05, 3.63) is 29.8 Å². The van der Waals surface area contributed by atoms with Crippen LogP contribution in [0.25, 0.3) is 0 Å². The van der Waals surface area contributed by atoms with E-state index in [1.807, 2.05) is 0 Å². The van der Waals surface area contributed by atoms with Crippen LogP contribution in [0.4, 0.5) is 13.2 Å². The highest BCUT2D eigenvalue weighted by Gasteiger charge is 2.31. The number of ether oxygens (including phenoxy) is 1. The van der Waals surface area contributed by atoms with E-state index in [-0.39, 0.29) is 12.1 Å². The first-order chi connectivity index (χ1) is 8.28. The Labute approximate surface area is 101 Å². The Balaban J connectivity index is 2.62. The average molecular weight is 263 g/mol. The first-order valence-corrected chi connectivity index (χ1v) is 5.10. The molecule has 7 heteroatoms. The molecule has 0 saturated heterocycles. The fourth-order valence-electron chi connectivity index (χ4n) is 1.15. The van der Waals surface area contributed by atoms with E-state index in [4.69, 9.17) is 5.11 Å². The number of alkyl halides is 3. The van der Waals surface area contributed by atoms with Crippen molar-refractivity contribution in [2.24, 2.45) is 0 Å². The van der Waals surface area contributed by atoms with Crippen LogP contribution in [0.1, 0.15) is 17.3 Å². The predicted octanol–water partition coefficient (Wildman–Crippen LogP) is 1.70. The van der Waals surface area contributed by atoms with Crippen LogP contribution in [0, 0.1) is 0 Å². The molecule has 0 radical (unpaired) electrons. The van der Waals surface area contributed by atoms with Gasteiger partial charge < -0.3 is 15.2 Å². The number of hydrogen-bond acceptors (Lipinski definition) is 3. The quantitative estimate of drug-likeness (QED) is 0.869. The molecule has 0 unspecified atom stereocenters. The van der Waals surface area contributed by atoms with E-state index in [0.29, 0.717) is 0 Å². The first-order valence-electron chi connectivity index (χ1n) is 5.10. The summed E-state index contributed by atoms with van der Waals surface area (Å²) in [4.78, 5) is 11.5. The molecule has 0 aliphatic carbocycles. The third-order valence-corrected chi connectivity index (χ3v) is 1.91. The number of benzene rings is 1. The van der Waals surface area contributed by atoms with Crippen molar-refractivity contribution in [3.63, 3.8) is 0 Å². The number of rotatable bonds is 4. The molecule has 1 aromatic carbocycles. The second kappa shape index (κ2) is 5.72. The van der Waals surface area contributed by atoms with E-state index < -0.39 is 24.1 Å². The summed E-state index contributed by atoms with van der Waals surface area (Å²) < 4.78 is 39.3. The second-order valence-corrected chi connectivity index (χ2v) is 3.63. The summed E-state index contributed by atoms with van der Waals surface area (Å²) in [5, 5.41) is 11.4. The molecule has 0 fully saturated rings. The molecule has 1 rings (SSSR count). The number of aliphatic hydroxyl groups is 1. The lowest BCUT2D eigenvalue weighted by atomic mass is 10.2. The van der Waals surface area contributed by atoms with Gasteiger partial charge >= 0.3 is 6.36 Å². The molecule has 0 spiro atoms. The highest BCUT2D eigenvalue weighted by molar-refractivity contribution is 5.94. The molecule has 1 aromatic rings. The Morgan fingerprint density at radius 1 is 1.39 bits per heavy atom. The van der Waals surface area contributed by atoms with Gasteiger partial charge in [-0.1, -0.05) is 0 Å². The highest BCUT2D eigenvalue weighted by Crippen LogP contribution is 2.22. The van der Waals surface area contributed by atoms with Gasteiger partial charge in [-0.25, -0.2) is 0 Å². The number of halogens is 3. The Morgan fingerprint density at radius 2 is 1.94 bits per heavy atom. The Kier molecular flexibility index (Phi) is 4.55. The molecule has 0 heterocycles. The van der Waals surface area contributed by atoms with Crippen molar-refractivity contribution in [3.8, 4) is 5.75 Å². The van der Waals surface area contributed by atoms with Crippen LogP contribution in [-0.2, 0) is 0 Å². The topological polar surface area (TPSA) is 58.6 Å². The molecule has 0 aliphatic rings. The van der Waals surface area contributed by atoms with Crippen molar-refractivity contribution in [2.45, 2.75) is 19.4 Å². The van der Waals surface area contributed by atoms with Gasteiger partial charge in [-0.3, -0.25) is 4.79 Å². The van der Waals surface area contributed by atoms with Crippen LogP contribution in [-0.4, -0.2) is 30.0 Å². The van der Waals surface area contributed by atoms with Crippen molar-refractivity contribution < 1.29 is 27.8 Å². The molecule has 1 atom stereocenters. The standard InChI is InChI=1S/C11H12F3NO3/c1-7(16)6-15-10(17)8-2-4-9(5-3-8)18-11(12,13)14/h2-5,7,16H,6H2,1H3,(H,15,17)/t7-/m1/s1. The number of carbonyl (C=O) groups excluding carboxylic acids is 1. The number of hydrogen-bond donors (Lipinski definition) is 2. The molecule has 4 nitrogen and oxygen atoms in total. The summed E-state index contributed by atoms with van der Waals surface area (Å²) in [6.07, 6.45) is -5.45. The number of amides is 1. The van der Waals surface area contributed by atoms with Gasteiger partial charge in [-0.15, -0.1) is 13.2 Å². The van der Waals surface area contributed by atoms with Gasteiger partial charge in [-0.2, -0.15) is 0 Å². The SMILES string of the molecule is C[C@@H](O)CNC(=O)c1ccc(OC(F)(F)F)cc1. The van der Waals surface area contributed by atoms with Crippen LogP contribution >= 0.6 is 0 Å². The molecule has 0 saturated carbocycles. The van der Waals surface area contributed by atoms with Crippen LogP contribution in [0.15, 0.2) is 24.3 Å². The maximum atomic E-state index is 11.9. The fourth-order valence-corrected chi connectivity index (χ4v) is 1.15. The van der Waals surface area contributed by atoms with Crippen LogP contribution < -0.4 is 10.1 Å². The minimum Gasteiger partial charge on any atom is -0.406 e. The lowest BCUT2D eigenvalue weighted by Gasteiger charge is -2.10. The third-order valence-electron chi connectivity index (χ3n) is 1.91. The Bertz CT molecular complexity index is 401. The van der Waals surface area contributed by atoms with Gasteiger partial charge in [-0.05, 0) is 31.2 Å². The van der Waals surface area contributed by atoms with Crippen molar-refractivity contribution in [1.29, 1.82) is 0 Å². The lowest BCUT2D eigenvalue weighted by Crippen LogP contribution is -2.30. The van der Waals surface area contributed by atoms with Gasteiger partial charge in [0.05, 0.1) is 6.10 Å². The second-order valence-electron chi connectivity index (χ2n) is 3.63. The van der Waals surface area contributed by atoms with Crippen molar-refractivity contribution >= 4 is 5.91 Å². The monoisotopic (exact) mass is 263 g/mol. The largest absolute Gasteiger partial charge is 0.573 e. The summed E-state index contributed by atoms with van der Waals surface area (Å²) in [5.74, 6) is -0.871. The van der Waals surface area contributed by atoms with Crippen LogP contribution in [0.3, 0.4) is 0 Å². The molecule has 0 aliphatic heterocycles. The predicted molar refractivity (Wildman–Crippen MR) is 57.1 cm³/mol. The summed E-state index contributed by atoms with van der Waals surface area (Å²) >= 11 is 0. The summed E-state index contributed by atoms with van der Waals surface area (Å²) in [5.41, 5.74) is 0.185. The maximum Gasteiger partial charge on any atom is 0.573 e. The average Bonchev–Trinajstić information content (AvgIpc) is 2.24. The third kappa shape index (κ3) is 5.05. The summed E-state index contributed by atoms with van der Waals surface area (Å²) in [6.45, 7) is 1.57. The zero-order chi connectivity index (χ0) is 13.8. The molecule has 2 N–H and O–H groups in total. The molecule has 18 heavy (non-hydrogen) atoms. The van der Waals surface area contributed by atoms with E-state index >= 15 is 0 Å². The van der Waals surface area contributed by atoms with Gasteiger partial charge in [0.1, 0.15) is 5.75 Å². The fraction of sp³-hybridized carbons (Fsp3) is 0.364. The molecular formula is C11H12F3NO3. The normalized spacial score (nSPS) is 12.9. The van der Waals surface area contributed by atoms with Crippen LogP contribution in [0.5, 0.6) is 5.75 Å². The minimum atomic E-state index is -4.75. The van der Waals surface area contributed by atoms with E-state index in [9.17, 15) is 18.0 Å². The van der Waals surface area contributed by atoms with E-state index in [1.54, 1.807) is 0 Å². The van der Waals surface area contributed by atoms with Crippen LogP contribution in [0.2, 0.25) is 0 Å². The zero-order valence-electron chi connectivity index (χ0n) is 9.49. The number of nitrogens with one attached hydrogen (secondary N) is 1. The summed E-state index contributed by atoms with van der Waals surface area (Å²) in [7, 11) is 0. The molecule has 0 bridgehead atoms. The molecule has 0 aromatic heterocycles. The number of carbonyl (C=O) groups is 1. The Morgan fingerprint density at radius 3 is 2.39 bits per heavy atom. The highest BCUT2D eigenvalue weighted by atomic mass is 19.4. The van der Waals surface area contributed by atoms with Crippen molar-refractivity contribution in [1.82, 2.24) is 5.32 Å². The van der Waals surface area contributed by atoms with Gasteiger partial charge in [0.15, 0.2) is 0 Å². The van der Waals surface area contributed by atoms with E-state index in [1.165, 1.54) is 19.1 Å². The molecular weight excluding hydrogens is 251 g/mol. The van der Waals surface area contributed by atoms with Gasteiger partial charge in [0.2, 0.25) is 0 Å². The van der Waals surface area contributed by atoms with E-state index in [0.717, 1.165) is 12.1 Å². The number of aliphatic hydroxyl groups excluding tert-OH is 1. The van der Waals surface area contributed by atoms with E-state index in [2.05, 4.69) is 10.1 Å².